The number of piperidine rings is 1. The Morgan fingerprint density at radius 2 is 2.10 bits per heavy atom. The number of hydrogen-bond donors (Lipinski definition) is 1. The van der Waals surface area contributed by atoms with Gasteiger partial charge >= 0.3 is 0 Å². The molecule has 0 radical (unpaired) electrons. The molecule has 0 spiro atoms. The summed E-state index contributed by atoms with van der Waals surface area (Å²) < 4.78 is 5.87. The van der Waals surface area contributed by atoms with Gasteiger partial charge in [0, 0.05) is 30.6 Å². The number of hydrogen-bond acceptors (Lipinski definition) is 5. The van der Waals surface area contributed by atoms with Crippen LogP contribution in [-0.4, -0.2) is 35.0 Å². The van der Waals surface area contributed by atoms with Crippen molar-refractivity contribution in [2.45, 2.75) is 71.1 Å². The molecule has 2 unspecified atom stereocenters. The maximum absolute atomic E-state index is 12.9. The van der Waals surface area contributed by atoms with Crippen molar-refractivity contribution in [3.05, 3.63) is 46.4 Å². The van der Waals surface area contributed by atoms with E-state index in [0.29, 0.717) is 5.92 Å². The second kappa shape index (κ2) is 10.6. The second-order valence-corrected chi connectivity index (χ2v) is 10.2. The number of rotatable bonds is 8. The Bertz CT molecular complexity index is 833. The van der Waals surface area contributed by atoms with Gasteiger partial charge in [0.05, 0.1) is 12.1 Å². The molecule has 2 heterocycles. The van der Waals surface area contributed by atoms with Gasteiger partial charge in [0.2, 0.25) is 5.91 Å². The Labute approximate surface area is 190 Å². The van der Waals surface area contributed by atoms with Crippen molar-refractivity contribution in [1.82, 2.24) is 15.2 Å². The van der Waals surface area contributed by atoms with Gasteiger partial charge in [-0.25, -0.2) is 4.98 Å². The molecule has 1 aliphatic carbocycles. The Hall–Kier alpha value is -1.92. The van der Waals surface area contributed by atoms with Crippen LogP contribution in [0.15, 0.2) is 35.8 Å². The number of nitrogens with zero attached hydrogens (tertiary/aromatic N) is 2. The minimum Gasteiger partial charge on any atom is -0.491 e. The molecule has 2 fully saturated rings. The fraction of sp³-hybridized carbons (Fsp3) is 0.600. The van der Waals surface area contributed by atoms with E-state index in [4.69, 9.17) is 4.74 Å². The van der Waals surface area contributed by atoms with Crippen molar-refractivity contribution in [3.63, 3.8) is 0 Å². The summed E-state index contributed by atoms with van der Waals surface area (Å²) in [6.45, 7) is 7.09. The van der Waals surface area contributed by atoms with E-state index in [1.807, 2.05) is 17.6 Å². The first-order chi connectivity index (χ1) is 15.1. The summed E-state index contributed by atoms with van der Waals surface area (Å²) in [6.07, 6.45) is 8.72. The average molecular weight is 442 g/mol. The predicted molar refractivity (Wildman–Crippen MR) is 125 cm³/mol. The molecule has 168 valence electrons. The van der Waals surface area contributed by atoms with Gasteiger partial charge in [-0.05, 0) is 69.7 Å². The molecule has 1 aromatic carbocycles. The van der Waals surface area contributed by atoms with E-state index in [9.17, 15) is 4.79 Å². The molecule has 2 atom stereocenters. The molecule has 2 aromatic rings. The van der Waals surface area contributed by atoms with Crippen molar-refractivity contribution in [3.8, 4) is 5.75 Å². The molecule has 0 bridgehead atoms. The van der Waals surface area contributed by atoms with Crippen molar-refractivity contribution >= 4 is 17.2 Å². The van der Waals surface area contributed by atoms with Crippen LogP contribution in [0.3, 0.4) is 0 Å². The molecule has 2 aliphatic rings. The molecular weight excluding hydrogens is 406 g/mol. The first-order valence-electron chi connectivity index (χ1n) is 11.8. The predicted octanol–water partition coefficient (Wildman–Crippen LogP) is 5.19. The summed E-state index contributed by atoms with van der Waals surface area (Å²) in [7, 11) is 0. The summed E-state index contributed by atoms with van der Waals surface area (Å²) in [5, 5.41) is 6.47. The monoisotopic (exact) mass is 441 g/mol. The van der Waals surface area contributed by atoms with E-state index >= 15 is 0 Å². The van der Waals surface area contributed by atoms with Gasteiger partial charge < -0.3 is 10.1 Å². The normalized spacial score (nSPS) is 21.3. The first-order valence-corrected chi connectivity index (χ1v) is 12.6. The molecule has 1 aliphatic heterocycles. The summed E-state index contributed by atoms with van der Waals surface area (Å²) >= 11 is 1.66. The molecule has 31 heavy (non-hydrogen) atoms. The fourth-order valence-corrected chi connectivity index (χ4v) is 5.76. The standard InChI is InChI=1S/C25H35N3O2S/c1-18(2)30-22-11-5-7-19(15-22)16-28-13-6-10-21(17-28)23(25-26-12-14-31-25)27-24(29)20-8-3-4-9-20/h5,7,11-12,14-15,18,20-21,23H,3-4,6,8-10,13,16-17H2,1-2H3,(H,27,29). The van der Waals surface area contributed by atoms with Gasteiger partial charge in [0.1, 0.15) is 10.8 Å². The van der Waals surface area contributed by atoms with Crippen LogP contribution < -0.4 is 10.1 Å². The average Bonchev–Trinajstić information content (AvgIpc) is 3.46. The number of amides is 1. The summed E-state index contributed by atoms with van der Waals surface area (Å²) in [5.74, 6) is 1.74. The van der Waals surface area contributed by atoms with Crippen LogP contribution in [0, 0.1) is 11.8 Å². The van der Waals surface area contributed by atoms with E-state index in [0.717, 1.165) is 56.1 Å². The Kier molecular flexibility index (Phi) is 7.62. The summed E-state index contributed by atoms with van der Waals surface area (Å²) in [6, 6.07) is 8.46. The maximum atomic E-state index is 12.9. The summed E-state index contributed by atoms with van der Waals surface area (Å²) in [4.78, 5) is 20.0. The van der Waals surface area contributed by atoms with Gasteiger partial charge in [-0.15, -0.1) is 11.3 Å². The Morgan fingerprint density at radius 1 is 1.26 bits per heavy atom. The lowest BCUT2D eigenvalue weighted by Crippen LogP contribution is -2.43. The van der Waals surface area contributed by atoms with E-state index in [2.05, 4.69) is 47.2 Å². The van der Waals surface area contributed by atoms with Gasteiger partial charge in [0.15, 0.2) is 0 Å². The van der Waals surface area contributed by atoms with Gasteiger partial charge in [-0.2, -0.15) is 0 Å². The number of thiazole rings is 1. The smallest absolute Gasteiger partial charge is 0.223 e. The largest absolute Gasteiger partial charge is 0.491 e. The van der Waals surface area contributed by atoms with Crippen molar-refractivity contribution in [1.29, 1.82) is 0 Å². The van der Waals surface area contributed by atoms with Crippen LogP contribution >= 0.6 is 11.3 Å². The highest BCUT2D eigenvalue weighted by Crippen LogP contribution is 2.33. The first kappa shape index (κ1) is 22.3. The third-order valence-electron chi connectivity index (χ3n) is 6.43. The van der Waals surface area contributed by atoms with Crippen LogP contribution in [0.2, 0.25) is 0 Å². The highest BCUT2D eigenvalue weighted by Gasteiger charge is 2.33. The van der Waals surface area contributed by atoms with Crippen LogP contribution in [0.1, 0.15) is 69.0 Å². The molecular formula is C25H35N3O2S. The topological polar surface area (TPSA) is 54.5 Å². The van der Waals surface area contributed by atoms with Crippen molar-refractivity contribution in [2.75, 3.05) is 13.1 Å². The maximum Gasteiger partial charge on any atom is 0.223 e. The third kappa shape index (κ3) is 6.07. The number of likely N-dealkylation sites (tertiary alicyclic amines) is 1. The van der Waals surface area contributed by atoms with E-state index in [1.165, 1.54) is 18.4 Å². The number of ether oxygens (including phenoxy) is 1. The number of aromatic nitrogens is 1. The van der Waals surface area contributed by atoms with E-state index in [-0.39, 0.29) is 24.0 Å². The lowest BCUT2D eigenvalue weighted by Gasteiger charge is -2.37. The number of carbonyl (C=O) groups excluding carboxylic acids is 1. The quantitative estimate of drug-likeness (QED) is 0.612. The lowest BCUT2D eigenvalue weighted by molar-refractivity contribution is -0.126. The highest BCUT2D eigenvalue weighted by molar-refractivity contribution is 7.09. The SMILES string of the molecule is CC(C)Oc1cccc(CN2CCCC(C(NC(=O)C3CCCC3)c3nccs3)C2)c1. The number of nitrogens with one attached hydrogen (secondary N) is 1. The molecule has 6 heteroatoms. The molecule has 1 saturated carbocycles. The van der Waals surface area contributed by atoms with Crippen LogP contribution in [0.4, 0.5) is 0 Å². The third-order valence-corrected chi connectivity index (χ3v) is 7.29. The van der Waals surface area contributed by atoms with Crippen molar-refractivity contribution in [2.24, 2.45) is 11.8 Å². The van der Waals surface area contributed by atoms with Crippen LogP contribution in [-0.2, 0) is 11.3 Å². The van der Waals surface area contributed by atoms with Gasteiger partial charge in [-0.3, -0.25) is 9.69 Å². The Morgan fingerprint density at radius 3 is 2.84 bits per heavy atom. The molecule has 1 N–H and O–H groups in total. The number of carbonyl (C=O) groups is 1. The van der Waals surface area contributed by atoms with Crippen LogP contribution in [0.25, 0.3) is 0 Å². The molecule has 5 nitrogen and oxygen atoms in total. The zero-order valence-corrected chi connectivity index (χ0v) is 19.6. The summed E-state index contributed by atoms with van der Waals surface area (Å²) in [5.41, 5.74) is 1.28. The van der Waals surface area contributed by atoms with Crippen LogP contribution in [0.5, 0.6) is 5.75 Å². The fourth-order valence-electron chi connectivity index (χ4n) is 4.98. The minimum atomic E-state index is 0.0199. The number of benzene rings is 1. The molecule has 1 amide bonds. The van der Waals surface area contributed by atoms with Crippen molar-refractivity contribution < 1.29 is 9.53 Å². The second-order valence-electron chi connectivity index (χ2n) is 9.29. The zero-order valence-electron chi connectivity index (χ0n) is 18.8. The zero-order chi connectivity index (χ0) is 21.6. The van der Waals surface area contributed by atoms with E-state index < -0.39 is 0 Å². The lowest BCUT2D eigenvalue weighted by atomic mass is 9.90. The molecule has 1 aromatic heterocycles. The van der Waals surface area contributed by atoms with E-state index in [1.54, 1.807) is 11.3 Å². The molecule has 4 rings (SSSR count). The minimum absolute atomic E-state index is 0.0199. The Balaban J connectivity index is 1.43. The van der Waals surface area contributed by atoms with Gasteiger partial charge in [0.25, 0.3) is 0 Å². The highest BCUT2D eigenvalue weighted by atomic mass is 32.1. The van der Waals surface area contributed by atoms with Gasteiger partial charge in [-0.1, -0.05) is 25.0 Å². The molecule has 1 saturated heterocycles.